The van der Waals surface area contributed by atoms with Crippen molar-refractivity contribution >= 4 is 11.8 Å². The number of epoxide rings is 1. The molecule has 0 unspecified atom stereocenters. The van der Waals surface area contributed by atoms with Crippen LogP contribution in [-0.4, -0.2) is 48.9 Å². The molecule has 1 aliphatic carbocycles. The van der Waals surface area contributed by atoms with Crippen LogP contribution in [0.3, 0.4) is 0 Å². The summed E-state index contributed by atoms with van der Waals surface area (Å²) in [5, 5.41) is 0. The van der Waals surface area contributed by atoms with Crippen molar-refractivity contribution in [1.82, 2.24) is 0 Å². The molecule has 310 valence electrons. The van der Waals surface area contributed by atoms with Crippen LogP contribution in [0, 0.1) is 0 Å². The smallest absolute Gasteiger partial charge is 0.305 e. The molecule has 0 aromatic heterocycles. The lowest BCUT2D eigenvalue weighted by molar-refractivity contribution is -0.298. The van der Waals surface area contributed by atoms with E-state index in [1.807, 2.05) is 13.8 Å². The molecule has 54 heavy (non-hydrogen) atoms. The molecular weight excluding hydrogens is 677 g/mol. The van der Waals surface area contributed by atoms with Gasteiger partial charge >= 0.3 is 5.97 Å². The highest BCUT2D eigenvalue weighted by Gasteiger charge is 2.43. The van der Waals surface area contributed by atoms with Gasteiger partial charge in [-0.25, -0.2) is 0 Å². The second kappa shape index (κ2) is 26.8. The van der Waals surface area contributed by atoms with Gasteiger partial charge in [0.25, 0.3) is 0 Å². The molecule has 7 nitrogen and oxygen atoms in total. The van der Waals surface area contributed by atoms with E-state index in [0.29, 0.717) is 23.9 Å². The molecule has 3 rings (SSSR count). The Morgan fingerprint density at radius 2 is 1.37 bits per heavy atom. The maximum Gasteiger partial charge on any atom is 0.305 e. The largest absolute Gasteiger partial charge is 0.469 e. The fraction of sp³-hybridized carbons (Fsp3) is 0.830. The van der Waals surface area contributed by atoms with Crippen molar-refractivity contribution in [2.75, 3.05) is 7.11 Å². The molecule has 2 heterocycles. The normalized spacial score (nSPS) is 23.3. The molecule has 7 heteroatoms. The molecule has 0 saturated carbocycles. The number of esters is 1. The third kappa shape index (κ3) is 17.5. The van der Waals surface area contributed by atoms with Crippen LogP contribution in [0.4, 0.5) is 0 Å². The van der Waals surface area contributed by atoms with Crippen molar-refractivity contribution in [2.45, 2.75) is 244 Å². The van der Waals surface area contributed by atoms with Crippen molar-refractivity contribution in [3.63, 3.8) is 0 Å². The van der Waals surface area contributed by atoms with Crippen molar-refractivity contribution < 1.29 is 33.6 Å². The Labute approximate surface area is 330 Å². The Bertz CT molecular complexity index is 1170. The number of carbonyl (C=O) groups is 2. The predicted molar refractivity (Wildman–Crippen MR) is 220 cm³/mol. The SMILES string of the molecule is CCCCCCCCCCCCCCCC[C@]1(C)CCC2=C(C)C(=O)C(C)=C(OO[C@@H](/C=C/[C@@H]3O[C@H]3CCCCC)CCCCCCCC(=O)OC)[C@@H]2O1. The average molecular weight is 757 g/mol. The summed E-state index contributed by atoms with van der Waals surface area (Å²) in [4.78, 5) is 37.2. The molecule has 0 amide bonds. The fourth-order valence-corrected chi connectivity index (χ4v) is 8.18. The molecule has 0 spiro atoms. The van der Waals surface area contributed by atoms with Gasteiger partial charge in [0.2, 0.25) is 0 Å². The first-order chi connectivity index (χ1) is 26.2. The van der Waals surface area contributed by atoms with Crippen LogP contribution in [0.1, 0.15) is 214 Å². The highest BCUT2D eigenvalue weighted by atomic mass is 17.2. The third-order valence-electron chi connectivity index (χ3n) is 12.1. The van der Waals surface area contributed by atoms with Gasteiger partial charge in [0.15, 0.2) is 11.5 Å². The van der Waals surface area contributed by atoms with Gasteiger partial charge in [0.1, 0.15) is 18.3 Å². The zero-order chi connectivity index (χ0) is 39.0. The second-order valence-corrected chi connectivity index (χ2v) is 16.9. The molecule has 0 radical (unpaired) electrons. The van der Waals surface area contributed by atoms with E-state index < -0.39 is 0 Å². The molecule has 2 saturated heterocycles. The second-order valence-electron chi connectivity index (χ2n) is 16.9. The fourth-order valence-electron chi connectivity index (χ4n) is 8.18. The summed E-state index contributed by atoms with van der Waals surface area (Å²) < 4.78 is 17.6. The number of hydrogen-bond acceptors (Lipinski definition) is 7. The zero-order valence-corrected chi connectivity index (χ0v) is 35.6. The monoisotopic (exact) mass is 757 g/mol. The molecule has 3 aliphatic rings. The Hall–Kier alpha value is -1.96. The number of methoxy groups -OCH3 is 1. The summed E-state index contributed by atoms with van der Waals surface area (Å²) in [6, 6.07) is 0. The van der Waals surface area contributed by atoms with Gasteiger partial charge in [-0.05, 0) is 70.4 Å². The average Bonchev–Trinajstić information content (AvgIpc) is 3.93. The van der Waals surface area contributed by atoms with Crippen molar-refractivity contribution in [3.05, 3.63) is 34.6 Å². The minimum absolute atomic E-state index is 0.0272. The van der Waals surface area contributed by atoms with Crippen LogP contribution in [0.2, 0.25) is 0 Å². The maximum absolute atomic E-state index is 13.4. The summed E-state index contributed by atoms with van der Waals surface area (Å²) in [7, 11) is 1.44. The van der Waals surface area contributed by atoms with E-state index in [-0.39, 0.29) is 35.7 Å². The van der Waals surface area contributed by atoms with E-state index in [1.165, 1.54) is 110 Å². The number of rotatable bonds is 32. The van der Waals surface area contributed by atoms with Crippen LogP contribution >= 0.6 is 0 Å². The predicted octanol–water partition coefficient (Wildman–Crippen LogP) is 13.1. The molecule has 0 N–H and O–H groups in total. The summed E-state index contributed by atoms with van der Waals surface area (Å²) in [5.74, 6) is 0.408. The van der Waals surface area contributed by atoms with E-state index in [0.717, 1.165) is 81.8 Å². The lowest BCUT2D eigenvalue weighted by Crippen LogP contribution is -2.43. The van der Waals surface area contributed by atoms with Crippen LogP contribution in [0.25, 0.3) is 0 Å². The Morgan fingerprint density at radius 1 is 0.796 bits per heavy atom. The number of fused-ring (bicyclic) bond motifs is 1. The number of hydrogen-bond donors (Lipinski definition) is 0. The topological polar surface area (TPSA) is 83.6 Å². The summed E-state index contributed by atoms with van der Waals surface area (Å²) in [6.45, 7) is 10.5. The molecule has 0 bridgehead atoms. The maximum atomic E-state index is 13.4. The standard InChI is InChI=1S/C47H80O7/c1-7-9-11-12-13-14-15-16-17-18-19-20-24-28-35-47(5)36-34-40-37(3)44(49)38(4)45(46(40)52-47)54-53-39(29-26-22-21-23-27-31-43(48)50-6)32-33-42-41(51-42)30-25-10-8-2/h32-33,39,41-42,46H,7-31,34-36H2,1-6H3/b33-32+/t39-,41+,42+,46-,47-/m1/s1. The summed E-state index contributed by atoms with van der Waals surface area (Å²) >= 11 is 0. The first kappa shape index (κ1) is 46.4. The Kier molecular flexibility index (Phi) is 23.1. The van der Waals surface area contributed by atoms with E-state index >= 15 is 0 Å². The van der Waals surface area contributed by atoms with Gasteiger partial charge in [0.05, 0.1) is 18.8 Å². The van der Waals surface area contributed by atoms with Gasteiger partial charge in [-0.3, -0.25) is 9.59 Å². The van der Waals surface area contributed by atoms with E-state index in [4.69, 9.17) is 24.0 Å². The Balaban J connectivity index is 1.48. The van der Waals surface area contributed by atoms with Gasteiger partial charge in [-0.2, -0.15) is 4.89 Å². The highest BCUT2D eigenvalue weighted by Crippen LogP contribution is 2.43. The third-order valence-corrected chi connectivity index (χ3v) is 12.1. The van der Waals surface area contributed by atoms with Crippen LogP contribution in [0.5, 0.6) is 0 Å². The number of allylic oxidation sites excluding steroid dienone is 2. The molecule has 2 aliphatic heterocycles. The first-order valence-corrected chi connectivity index (χ1v) is 22.6. The number of ketones is 1. The minimum Gasteiger partial charge on any atom is -0.469 e. The van der Waals surface area contributed by atoms with Gasteiger partial charge < -0.3 is 19.1 Å². The summed E-state index contributed by atoms with van der Waals surface area (Å²) in [6.07, 6.45) is 36.7. The number of unbranched alkanes of at least 4 members (excludes halogenated alkanes) is 19. The quantitative estimate of drug-likeness (QED) is 0.0169. The van der Waals surface area contributed by atoms with E-state index in [1.54, 1.807) is 0 Å². The minimum atomic E-state index is -0.387. The number of carbonyl (C=O) groups excluding carboxylic acids is 2. The van der Waals surface area contributed by atoms with Crippen molar-refractivity contribution in [3.8, 4) is 0 Å². The molecule has 0 aromatic rings. The molecule has 0 aromatic carbocycles. The Morgan fingerprint density at radius 3 is 2.00 bits per heavy atom. The van der Waals surface area contributed by atoms with Crippen molar-refractivity contribution in [2.24, 2.45) is 0 Å². The van der Waals surface area contributed by atoms with E-state index in [9.17, 15) is 9.59 Å². The lowest BCUT2D eigenvalue weighted by Gasteiger charge is -2.43. The van der Waals surface area contributed by atoms with Gasteiger partial charge in [-0.15, -0.1) is 0 Å². The summed E-state index contributed by atoms with van der Waals surface area (Å²) in [5.41, 5.74) is 2.16. The molecular formula is C47H80O7. The van der Waals surface area contributed by atoms with E-state index in [2.05, 4.69) is 32.9 Å². The molecule has 5 atom stereocenters. The van der Waals surface area contributed by atoms with Crippen LogP contribution < -0.4 is 0 Å². The van der Waals surface area contributed by atoms with Gasteiger partial charge in [0, 0.05) is 12.0 Å². The van der Waals surface area contributed by atoms with Gasteiger partial charge in [-0.1, -0.05) is 161 Å². The lowest BCUT2D eigenvalue weighted by atomic mass is 9.79. The highest BCUT2D eigenvalue weighted by molar-refractivity contribution is 6.09. The van der Waals surface area contributed by atoms with Crippen LogP contribution in [0.15, 0.2) is 34.6 Å². The zero-order valence-electron chi connectivity index (χ0n) is 35.6. The molecule has 2 fully saturated rings. The van der Waals surface area contributed by atoms with Crippen molar-refractivity contribution in [1.29, 1.82) is 0 Å². The van der Waals surface area contributed by atoms with Crippen LogP contribution in [-0.2, 0) is 33.6 Å². The number of ether oxygens (including phenoxy) is 3. The first-order valence-electron chi connectivity index (χ1n) is 22.6. The number of Topliss-reactive ketones (excluding diaryl/α,β-unsaturated/α-hetero) is 1.